The zero-order valence-corrected chi connectivity index (χ0v) is 23.3. The van der Waals surface area contributed by atoms with E-state index >= 15 is 0 Å². The summed E-state index contributed by atoms with van der Waals surface area (Å²) in [6.45, 7) is 10.2. The van der Waals surface area contributed by atoms with Gasteiger partial charge in [-0.1, -0.05) is 33.8 Å². The lowest BCUT2D eigenvalue weighted by atomic mass is 9.42. The van der Waals surface area contributed by atoms with Crippen LogP contribution in [0.1, 0.15) is 80.1 Å². The quantitative estimate of drug-likeness (QED) is 0.383. The first-order chi connectivity index (χ1) is 17.5. The Labute approximate surface area is 224 Å². The van der Waals surface area contributed by atoms with E-state index in [4.69, 9.17) is 5.11 Å². The van der Waals surface area contributed by atoms with E-state index in [0.29, 0.717) is 25.7 Å². The fraction of sp³-hybridized carbons (Fsp3) is 0.733. The van der Waals surface area contributed by atoms with E-state index in [1.165, 1.54) is 6.92 Å². The van der Waals surface area contributed by atoms with Crippen molar-refractivity contribution >= 4 is 23.3 Å². The first kappa shape index (κ1) is 28.8. The van der Waals surface area contributed by atoms with Gasteiger partial charge in [-0.15, -0.1) is 0 Å². The monoisotopic (exact) mass is 530 g/mol. The van der Waals surface area contributed by atoms with Crippen molar-refractivity contribution in [2.45, 2.75) is 92.3 Å². The zero-order valence-electron chi connectivity index (χ0n) is 23.3. The molecular formula is C30H42O8. The highest BCUT2D eigenvalue weighted by atomic mass is 16.4. The van der Waals surface area contributed by atoms with Crippen molar-refractivity contribution in [3.8, 4) is 0 Å². The summed E-state index contributed by atoms with van der Waals surface area (Å²) in [7, 11) is 0. The van der Waals surface area contributed by atoms with Crippen molar-refractivity contribution in [1.29, 1.82) is 0 Å². The molecule has 210 valence electrons. The summed E-state index contributed by atoms with van der Waals surface area (Å²) in [4.78, 5) is 53.1. The smallest absolute Gasteiger partial charge is 0.330 e. The van der Waals surface area contributed by atoms with Gasteiger partial charge < -0.3 is 20.4 Å². The van der Waals surface area contributed by atoms with Crippen LogP contribution in [0.5, 0.6) is 0 Å². The number of fused-ring (bicyclic) bond motifs is 4. The predicted molar refractivity (Wildman–Crippen MR) is 139 cm³/mol. The minimum absolute atomic E-state index is 0.0191. The molecule has 2 saturated carbocycles. The molecular weight excluding hydrogens is 488 g/mol. The number of carbonyl (C=O) groups excluding carboxylic acids is 3. The van der Waals surface area contributed by atoms with E-state index in [-0.39, 0.29) is 59.6 Å². The summed E-state index contributed by atoms with van der Waals surface area (Å²) in [5.41, 5.74) is -3.72. The fourth-order valence-electron chi connectivity index (χ4n) is 8.74. The van der Waals surface area contributed by atoms with Gasteiger partial charge in [0.25, 0.3) is 0 Å². The second-order valence-corrected chi connectivity index (χ2v) is 13.2. The van der Waals surface area contributed by atoms with Crippen LogP contribution >= 0.6 is 0 Å². The van der Waals surface area contributed by atoms with Gasteiger partial charge in [-0.25, -0.2) is 4.79 Å². The summed E-state index contributed by atoms with van der Waals surface area (Å²) >= 11 is 0. The van der Waals surface area contributed by atoms with E-state index < -0.39 is 51.5 Å². The van der Waals surface area contributed by atoms with Crippen LogP contribution in [0.15, 0.2) is 22.8 Å². The standard InChI is InChI=1S/C30H42O8/c1-15(8-7-9-16(2)26(37)38)17-12-21(34)30(6)22-18(32)13-19-27(3,11-10-20(33)28(19,4)14-31)23(22)24(35)25(36)29(17,30)5/h9,15,17,19-20,25,31,33,36H,7-8,10-14H2,1-6H3,(H,37,38)/b16-9+/t15-,17-,19-,20-,25-,27+,28-,29+,30+/m1/s1. The molecule has 0 aromatic heterocycles. The van der Waals surface area contributed by atoms with Gasteiger partial charge in [0.05, 0.1) is 18.1 Å². The van der Waals surface area contributed by atoms with Gasteiger partial charge in [-0.3, -0.25) is 14.4 Å². The van der Waals surface area contributed by atoms with Crippen molar-refractivity contribution < 1.29 is 39.6 Å². The maximum Gasteiger partial charge on any atom is 0.330 e. The van der Waals surface area contributed by atoms with E-state index in [9.17, 15) is 34.5 Å². The van der Waals surface area contributed by atoms with Gasteiger partial charge in [-0.05, 0) is 57.3 Å². The molecule has 0 aromatic carbocycles. The molecule has 0 aliphatic heterocycles. The largest absolute Gasteiger partial charge is 0.478 e. The lowest BCUT2D eigenvalue weighted by Gasteiger charge is -2.61. The molecule has 8 heteroatoms. The van der Waals surface area contributed by atoms with Crippen molar-refractivity contribution in [3.05, 3.63) is 22.8 Å². The molecule has 4 aliphatic carbocycles. The van der Waals surface area contributed by atoms with Gasteiger partial charge in [0, 0.05) is 45.8 Å². The molecule has 0 aromatic rings. The molecule has 4 rings (SSSR count). The molecule has 9 atom stereocenters. The lowest BCUT2D eigenvalue weighted by molar-refractivity contribution is -0.163. The number of aliphatic hydroxyl groups is 3. The Morgan fingerprint density at radius 2 is 1.71 bits per heavy atom. The molecule has 0 spiro atoms. The molecule has 2 fully saturated rings. The maximum absolute atomic E-state index is 14.1. The average molecular weight is 531 g/mol. The molecule has 0 radical (unpaired) electrons. The Morgan fingerprint density at radius 1 is 1.08 bits per heavy atom. The number of aliphatic hydroxyl groups excluding tert-OH is 3. The fourth-order valence-corrected chi connectivity index (χ4v) is 8.74. The van der Waals surface area contributed by atoms with Crippen LogP contribution in [-0.4, -0.2) is 62.6 Å². The highest BCUT2D eigenvalue weighted by Gasteiger charge is 2.73. The number of hydrogen-bond acceptors (Lipinski definition) is 7. The zero-order chi connectivity index (χ0) is 28.6. The van der Waals surface area contributed by atoms with E-state index in [1.807, 2.05) is 13.8 Å². The molecule has 38 heavy (non-hydrogen) atoms. The van der Waals surface area contributed by atoms with Crippen molar-refractivity contribution in [2.24, 2.45) is 39.4 Å². The number of carbonyl (C=O) groups is 4. The SMILES string of the molecule is C/C(=C\CC[C@@H](C)[C@H]1CC(=O)[C@@]2(C)C3=C(C(=O)[C@@H](O)[C@]12C)[C@@]1(C)CC[C@@H](O)[C@](C)(CO)[C@@H]1CC3=O)C(=O)O. The van der Waals surface area contributed by atoms with Crippen molar-refractivity contribution in [2.75, 3.05) is 6.61 Å². The number of Topliss-reactive ketones (excluding diaryl/α,β-unsaturated/α-hetero) is 3. The summed E-state index contributed by atoms with van der Waals surface area (Å²) in [6.07, 6.45) is 1.26. The van der Waals surface area contributed by atoms with Crippen molar-refractivity contribution in [3.63, 3.8) is 0 Å². The topological polar surface area (TPSA) is 149 Å². The average Bonchev–Trinajstić information content (AvgIpc) is 3.08. The van der Waals surface area contributed by atoms with Crippen LogP contribution < -0.4 is 0 Å². The number of aliphatic carboxylic acids is 1. The van der Waals surface area contributed by atoms with Gasteiger partial charge in [-0.2, -0.15) is 0 Å². The Morgan fingerprint density at radius 3 is 2.29 bits per heavy atom. The molecule has 4 N–H and O–H groups in total. The Balaban J connectivity index is 1.82. The van der Waals surface area contributed by atoms with Gasteiger partial charge in [0.15, 0.2) is 11.6 Å². The van der Waals surface area contributed by atoms with Crippen molar-refractivity contribution in [1.82, 2.24) is 0 Å². The molecule has 0 unspecified atom stereocenters. The Hall–Kier alpha value is -2.16. The summed E-state index contributed by atoms with van der Waals surface area (Å²) in [6, 6.07) is 0. The number of rotatable bonds is 6. The number of carboxylic acid groups (broad SMARTS) is 1. The summed E-state index contributed by atoms with van der Waals surface area (Å²) in [5.74, 6) is -2.98. The van der Waals surface area contributed by atoms with Crippen LogP contribution in [0.3, 0.4) is 0 Å². The summed E-state index contributed by atoms with van der Waals surface area (Å²) < 4.78 is 0. The molecule has 0 bridgehead atoms. The Kier molecular flexibility index (Phi) is 6.98. The number of hydrogen-bond donors (Lipinski definition) is 4. The predicted octanol–water partition coefficient (Wildman–Crippen LogP) is 3.02. The normalized spacial score (nSPS) is 44.0. The first-order valence-corrected chi connectivity index (χ1v) is 13.8. The van der Waals surface area contributed by atoms with Crippen LogP contribution in [0.4, 0.5) is 0 Å². The third-order valence-electron chi connectivity index (χ3n) is 11.6. The van der Waals surface area contributed by atoms with Crippen LogP contribution in [0.25, 0.3) is 0 Å². The van der Waals surface area contributed by atoms with Gasteiger partial charge in [0.1, 0.15) is 11.9 Å². The van der Waals surface area contributed by atoms with E-state index in [1.54, 1.807) is 26.8 Å². The Bertz CT molecular complexity index is 1150. The van der Waals surface area contributed by atoms with Gasteiger partial charge >= 0.3 is 5.97 Å². The van der Waals surface area contributed by atoms with E-state index in [2.05, 4.69) is 0 Å². The number of allylic oxidation sites excluding steroid dienone is 2. The second kappa shape index (κ2) is 9.20. The maximum atomic E-state index is 14.1. The van der Waals surface area contributed by atoms with Crippen LogP contribution in [-0.2, 0) is 19.2 Å². The van der Waals surface area contributed by atoms with Crippen LogP contribution in [0.2, 0.25) is 0 Å². The molecule has 0 saturated heterocycles. The first-order valence-electron chi connectivity index (χ1n) is 13.8. The third-order valence-corrected chi connectivity index (χ3v) is 11.6. The third kappa shape index (κ3) is 3.52. The molecule has 0 heterocycles. The lowest BCUT2D eigenvalue weighted by Crippen LogP contribution is -2.65. The van der Waals surface area contributed by atoms with Crippen LogP contribution in [0, 0.1) is 39.4 Å². The molecule has 8 nitrogen and oxygen atoms in total. The highest BCUT2D eigenvalue weighted by molar-refractivity contribution is 6.17. The highest BCUT2D eigenvalue weighted by Crippen LogP contribution is 2.70. The number of carboxylic acids is 1. The molecule has 4 aliphatic rings. The molecule has 0 amide bonds. The number of ketones is 3. The minimum atomic E-state index is -1.49. The second-order valence-electron chi connectivity index (χ2n) is 13.2. The minimum Gasteiger partial charge on any atom is -0.478 e. The van der Waals surface area contributed by atoms with E-state index in [0.717, 1.165) is 0 Å². The van der Waals surface area contributed by atoms with Gasteiger partial charge in [0.2, 0.25) is 0 Å². The summed E-state index contributed by atoms with van der Waals surface area (Å²) in [5, 5.41) is 41.9.